The molecule has 0 saturated carbocycles. The molecule has 2 rings (SSSR count). The van der Waals surface area contributed by atoms with Crippen molar-refractivity contribution < 1.29 is 23.1 Å². The van der Waals surface area contributed by atoms with Crippen LogP contribution < -0.4 is 4.31 Å². The van der Waals surface area contributed by atoms with Crippen LogP contribution >= 0.6 is 0 Å². The van der Waals surface area contributed by atoms with Crippen LogP contribution in [0.15, 0.2) is 60.7 Å². The van der Waals surface area contributed by atoms with Crippen molar-refractivity contribution in [1.82, 2.24) is 0 Å². The maximum Gasteiger partial charge on any atom is 0.305 e. The van der Waals surface area contributed by atoms with Crippen LogP contribution in [0.2, 0.25) is 0 Å². The molecule has 0 aliphatic rings. The minimum Gasteiger partial charge on any atom is -0.481 e. The number of carboxylic acid groups (broad SMARTS) is 1. The molecule has 0 radical (unpaired) electrons. The van der Waals surface area contributed by atoms with Gasteiger partial charge in [-0.15, -0.1) is 0 Å². The minimum absolute atomic E-state index is 0.0907. The lowest BCUT2D eigenvalue weighted by Crippen LogP contribution is -2.35. The van der Waals surface area contributed by atoms with Crippen LogP contribution in [-0.2, 0) is 26.2 Å². The molecular weight excluding hydrogens is 354 g/mol. The Kier molecular flexibility index (Phi) is 7.62. The first-order chi connectivity index (χ1) is 12.5. The number of benzene rings is 2. The van der Waals surface area contributed by atoms with E-state index in [1.807, 2.05) is 30.3 Å². The summed E-state index contributed by atoms with van der Waals surface area (Å²) in [4.78, 5) is 10.9. The summed E-state index contributed by atoms with van der Waals surface area (Å²) in [5.41, 5.74) is 1.50. The van der Waals surface area contributed by atoms with Gasteiger partial charge in [0.2, 0.25) is 10.0 Å². The highest BCUT2D eigenvalue weighted by atomic mass is 32.2. The molecule has 7 heteroatoms. The summed E-state index contributed by atoms with van der Waals surface area (Å²) in [5, 5.41) is 8.89. The lowest BCUT2D eigenvalue weighted by molar-refractivity contribution is -0.136. The van der Waals surface area contributed by atoms with Crippen LogP contribution in [0.1, 0.15) is 18.4 Å². The van der Waals surface area contributed by atoms with Crippen LogP contribution in [-0.4, -0.2) is 38.4 Å². The van der Waals surface area contributed by atoms with Gasteiger partial charge in [0.1, 0.15) is 0 Å². The van der Waals surface area contributed by atoms with Gasteiger partial charge < -0.3 is 9.84 Å². The number of rotatable bonds is 11. The summed E-state index contributed by atoms with van der Waals surface area (Å²) in [6.07, 6.45) is 0.0875. The summed E-state index contributed by atoms with van der Waals surface area (Å²) in [7, 11) is -3.63. The number of carbonyl (C=O) groups is 1. The Morgan fingerprint density at radius 3 is 2.23 bits per heavy atom. The number of anilines is 1. The molecule has 2 aromatic carbocycles. The SMILES string of the molecule is O=C(O)CCN(c1ccccc1)S(=O)(=O)CCCOCc1ccccc1. The van der Waals surface area contributed by atoms with E-state index in [4.69, 9.17) is 9.84 Å². The van der Waals surface area contributed by atoms with Gasteiger partial charge in [-0.1, -0.05) is 48.5 Å². The topological polar surface area (TPSA) is 83.9 Å². The van der Waals surface area contributed by atoms with Gasteiger partial charge in [0, 0.05) is 13.2 Å². The van der Waals surface area contributed by atoms with Crippen molar-refractivity contribution in [2.45, 2.75) is 19.4 Å². The first kappa shape index (κ1) is 19.9. The lowest BCUT2D eigenvalue weighted by Gasteiger charge is -2.23. The zero-order chi connectivity index (χ0) is 18.8. The Hall–Kier alpha value is -2.38. The summed E-state index contributed by atoms with van der Waals surface area (Å²) >= 11 is 0. The number of nitrogens with zero attached hydrogens (tertiary/aromatic N) is 1. The predicted octanol–water partition coefficient (Wildman–Crippen LogP) is 2.90. The molecule has 0 amide bonds. The summed E-state index contributed by atoms with van der Waals surface area (Å²) in [6.45, 7) is 0.657. The molecule has 0 spiro atoms. The number of hydrogen-bond acceptors (Lipinski definition) is 4. The van der Waals surface area contributed by atoms with E-state index in [0.29, 0.717) is 25.3 Å². The monoisotopic (exact) mass is 377 g/mol. The maximum absolute atomic E-state index is 12.7. The zero-order valence-corrected chi connectivity index (χ0v) is 15.3. The number of ether oxygens (including phenoxy) is 1. The van der Waals surface area contributed by atoms with Crippen molar-refractivity contribution in [3.63, 3.8) is 0 Å². The number of para-hydroxylation sites is 1. The normalized spacial score (nSPS) is 11.2. The molecule has 6 nitrogen and oxygen atoms in total. The van der Waals surface area contributed by atoms with Gasteiger partial charge in [-0.3, -0.25) is 9.10 Å². The molecule has 0 bridgehead atoms. The van der Waals surface area contributed by atoms with E-state index < -0.39 is 16.0 Å². The smallest absolute Gasteiger partial charge is 0.305 e. The highest BCUT2D eigenvalue weighted by Gasteiger charge is 2.22. The van der Waals surface area contributed by atoms with Gasteiger partial charge in [-0.05, 0) is 24.1 Å². The Morgan fingerprint density at radius 1 is 1.00 bits per heavy atom. The highest BCUT2D eigenvalue weighted by Crippen LogP contribution is 2.19. The van der Waals surface area contributed by atoms with E-state index in [0.717, 1.165) is 9.87 Å². The van der Waals surface area contributed by atoms with Crippen molar-refractivity contribution in [3.8, 4) is 0 Å². The molecule has 0 heterocycles. The summed E-state index contributed by atoms with van der Waals surface area (Å²) in [6, 6.07) is 18.2. The molecular formula is C19H23NO5S. The van der Waals surface area contributed by atoms with E-state index in [1.54, 1.807) is 30.3 Å². The average molecular weight is 377 g/mol. The summed E-state index contributed by atoms with van der Waals surface area (Å²) < 4.78 is 32.0. The molecule has 0 saturated heterocycles. The third-order valence-corrected chi connectivity index (χ3v) is 5.58. The van der Waals surface area contributed by atoms with Crippen molar-refractivity contribution in [3.05, 3.63) is 66.2 Å². The van der Waals surface area contributed by atoms with Gasteiger partial charge in [0.15, 0.2) is 0 Å². The second-order valence-electron chi connectivity index (χ2n) is 5.76. The Balaban J connectivity index is 1.90. The quantitative estimate of drug-likeness (QED) is 0.609. The first-order valence-corrected chi connectivity index (χ1v) is 9.99. The molecule has 26 heavy (non-hydrogen) atoms. The van der Waals surface area contributed by atoms with Crippen molar-refractivity contribution in [2.24, 2.45) is 0 Å². The average Bonchev–Trinajstić information content (AvgIpc) is 2.63. The minimum atomic E-state index is -3.63. The fourth-order valence-electron chi connectivity index (χ4n) is 2.44. The second kappa shape index (κ2) is 9.94. The molecule has 0 fully saturated rings. The number of aliphatic carboxylic acids is 1. The van der Waals surface area contributed by atoms with Gasteiger partial charge in [-0.2, -0.15) is 0 Å². The number of sulfonamides is 1. The van der Waals surface area contributed by atoms with Crippen LogP contribution in [0.3, 0.4) is 0 Å². The zero-order valence-electron chi connectivity index (χ0n) is 14.5. The van der Waals surface area contributed by atoms with E-state index >= 15 is 0 Å². The summed E-state index contributed by atoms with van der Waals surface area (Å²) in [5.74, 6) is -1.14. The van der Waals surface area contributed by atoms with E-state index in [9.17, 15) is 13.2 Å². The Labute approximate surface area is 154 Å². The molecule has 0 unspecified atom stereocenters. The van der Waals surface area contributed by atoms with Gasteiger partial charge in [0.25, 0.3) is 0 Å². The maximum atomic E-state index is 12.7. The fraction of sp³-hybridized carbons (Fsp3) is 0.316. The molecule has 0 aliphatic carbocycles. The molecule has 2 aromatic rings. The van der Waals surface area contributed by atoms with Crippen molar-refractivity contribution >= 4 is 21.7 Å². The van der Waals surface area contributed by atoms with E-state index in [2.05, 4.69) is 0 Å². The lowest BCUT2D eigenvalue weighted by atomic mass is 10.2. The van der Waals surface area contributed by atoms with Crippen LogP contribution in [0.5, 0.6) is 0 Å². The van der Waals surface area contributed by atoms with Crippen LogP contribution in [0.25, 0.3) is 0 Å². The molecule has 0 atom stereocenters. The fourth-order valence-corrected chi connectivity index (χ4v) is 3.95. The van der Waals surface area contributed by atoms with Crippen molar-refractivity contribution in [1.29, 1.82) is 0 Å². The van der Waals surface area contributed by atoms with E-state index in [-0.39, 0.29) is 18.7 Å². The number of hydrogen-bond donors (Lipinski definition) is 1. The first-order valence-electron chi connectivity index (χ1n) is 8.38. The van der Waals surface area contributed by atoms with Crippen LogP contribution in [0, 0.1) is 0 Å². The molecule has 1 N–H and O–H groups in total. The molecule has 0 aromatic heterocycles. The van der Waals surface area contributed by atoms with Gasteiger partial charge in [0.05, 0.1) is 24.5 Å². The Bertz CT molecular complexity index is 778. The van der Waals surface area contributed by atoms with Gasteiger partial charge >= 0.3 is 5.97 Å². The molecule has 140 valence electrons. The third kappa shape index (κ3) is 6.50. The largest absolute Gasteiger partial charge is 0.481 e. The Morgan fingerprint density at radius 2 is 1.62 bits per heavy atom. The second-order valence-corrected chi connectivity index (χ2v) is 7.77. The standard InChI is InChI=1S/C19H23NO5S/c21-19(22)12-13-20(18-10-5-2-6-11-18)26(23,24)15-7-14-25-16-17-8-3-1-4-9-17/h1-6,8-11H,7,12-16H2,(H,21,22). The van der Waals surface area contributed by atoms with Crippen molar-refractivity contribution in [2.75, 3.05) is 23.2 Å². The highest BCUT2D eigenvalue weighted by molar-refractivity contribution is 7.92. The molecule has 0 aliphatic heterocycles. The van der Waals surface area contributed by atoms with E-state index in [1.165, 1.54) is 0 Å². The third-order valence-electron chi connectivity index (χ3n) is 3.71. The van der Waals surface area contributed by atoms with Gasteiger partial charge in [-0.25, -0.2) is 8.42 Å². The number of carboxylic acids is 1. The predicted molar refractivity (Wildman–Crippen MR) is 101 cm³/mol. The van der Waals surface area contributed by atoms with Crippen LogP contribution in [0.4, 0.5) is 5.69 Å².